The minimum Gasteiger partial charge on any atom is -0.315 e. The van der Waals surface area contributed by atoms with Crippen molar-refractivity contribution in [3.63, 3.8) is 0 Å². The standard InChI is InChI=1S/C20H18N2O2S.BrH/c1-14-8-10-17(11-9-14)19(24)21-20-22(12-15(2)25-20)13-18(23)16-6-4-3-5-7-16;/h3-12H,13H2,1-2H3;1H. The van der Waals surface area contributed by atoms with Gasteiger partial charge in [0.15, 0.2) is 10.6 Å². The maximum atomic E-state index is 12.4. The number of hydrogen-bond acceptors (Lipinski definition) is 3. The first-order chi connectivity index (χ1) is 12.0. The molecule has 0 fully saturated rings. The van der Waals surface area contributed by atoms with Crippen LogP contribution in [0.1, 0.15) is 31.2 Å². The summed E-state index contributed by atoms with van der Waals surface area (Å²) in [6.07, 6.45) is 1.85. The van der Waals surface area contributed by atoms with E-state index in [9.17, 15) is 9.59 Å². The Kier molecular flexibility index (Phi) is 6.83. The molecular formula is C20H19BrN2O2S. The fraction of sp³-hybridized carbons (Fsp3) is 0.150. The summed E-state index contributed by atoms with van der Waals surface area (Å²) in [4.78, 5) is 30.6. The van der Waals surface area contributed by atoms with Gasteiger partial charge in [-0.05, 0) is 26.0 Å². The third kappa shape index (κ3) is 4.86. The number of aromatic nitrogens is 1. The van der Waals surface area contributed by atoms with Crippen molar-refractivity contribution in [1.82, 2.24) is 4.57 Å². The molecule has 0 bridgehead atoms. The number of halogens is 1. The van der Waals surface area contributed by atoms with Gasteiger partial charge in [-0.15, -0.1) is 28.3 Å². The number of nitrogens with zero attached hydrogens (tertiary/aromatic N) is 2. The molecule has 0 saturated heterocycles. The van der Waals surface area contributed by atoms with Gasteiger partial charge in [0, 0.05) is 22.2 Å². The average Bonchev–Trinajstić information content (AvgIpc) is 2.95. The fourth-order valence-corrected chi connectivity index (χ4v) is 3.25. The average molecular weight is 431 g/mol. The Morgan fingerprint density at radius 2 is 1.62 bits per heavy atom. The second kappa shape index (κ2) is 8.87. The first-order valence-corrected chi connectivity index (χ1v) is 8.75. The van der Waals surface area contributed by atoms with E-state index in [1.165, 1.54) is 11.3 Å². The van der Waals surface area contributed by atoms with Crippen molar-refractivity contribution >= 4 is 40.0 Å². The highest BCUT2D eigenvalue weighted by molar-refractivity contribution is 8.93. The summed E-state index contributed by atoms with van der Waals surface area (Å²) < 4.78 is 1.74. The molecule has 0 aliphatic heterocycles. The normalized spacial score (nSPS) is 11.1. The molecule has 0 unspecified atom stereocenters. The van der Waals surface area contributed by atoms with Gasteiger partial charge in [-0.25, -0.2) is 0 Å². The molecule has 1 heterocycles. The molecule has 1 aromatic heterocycles. The van der Waals surface area contributed by atoms with Gasteiger partial charge < -0.3 is 4.57 Å². The zero-order valence-electron chi connectivity index (χ0n) is 14.5. The number of aryl methyl sites for hydroxylation is 2. The van der Waals surface area contributed by atoms with E-state index in [4.69, 9.17) is 0 Å². The summed E-state index contributed by atoms with van der Waals surface area (Å²) in [7, 11) is 0. The van der Waals surface area contributed by atoms with Crippen LogP contribution in [-0.4, -0.2) is 16.3 Å². The molecule has 4 nitrogen and oxygen atoms in total. The second-order valence-electron chi connectivity index (χ2n) is 5.82. The monoisotopic (exact) mass is 430 g/mol. The molecule has 0 aliphatic carbocycles. The smallest absolute Gasteiger partial charge is 0.279 e. The third-order valence-corrected chi connectivity index (χ3v) is 4.68. The molecule has 0 N–H and O–H groups in total. The van der Waals surface area contributed by atoms with Crippen LogP contribution in [0.3, 0.4) is 0 Å². The lowest BCUT2D eigenvalue weighted by molar-refractivity contribution is 0.0963. The molecule has 0 saturated carbocycles. The minimum absolute atomic E-state index is 0. The van der Waals surface area contributed by atoms with Gasteiger partial charge in [-0.2, -0.15) is 4.99 Å². The number of amides is 1. The second-order valence-corrected chi connectivity index (χ2v) is 7.04. The molecule has 0 aliphatic rings. The number of carbonyl (C=O) groups excluding carboxylic acids is 2. The van der Waals surface area contributed by atoms with Crippen molar-refractivity contribution in [3.05, 3.63) is 87.2 Å². The summed E-state index contributed by atoms with van der Waals surface area (Å²) in [6, 6.07) is 16.4. The minimum atomic E-state index is -0.303. The van der Waals surface area contributed by atoms with Crippen LogP contribution in [0.15, 0.2) is 65.8 Å². The van der Waals surface area contributed by atoms with Crippen LogP contribution in [0.25, 0.3) is 0 Å². The van der Waals surface area contributed by atoms with Gasteiger partial charge in [0.2, 0.25) is 0 Å². The number of Topliss-reactive ketones (excluding diaryl/α,β-unsaturated/α-hetero) is 1. The Balaban J connectivity index is 0.00000243. The molecule has 0 radical (unpaired) electrons. The quantitative estimate of drug-likeness (QED) is 0.577. The summed E-state index contributed by atoms with van der Waals surface area (Å²) in [5.74, 6) is -0.314. The molecule has 0 spiro atoms. The number of rotatable bonds is 4. The molecule has 6 heteroatoms. The lowest BCUT2D eigenvalue weighted by atomic mass is 10.1. The van der Waals surface area contributed by atoms with Gasteiger partial charge in [0.05, 0.1) is 6.54 Å². The molecule has 26 heavy (non-hydrogen) atoms. The molecule has 2 aromatic carbocycles. The Morgan fingerprint density at radius 3 is 2.27 bits per heavy atom. The maximum Gasteiger partial charge on any atom is 0.279 e. The number of ketones is 1. The van der Waals surface area contributed by atoms with Gasteiger partial charge in [0.1, 0.15) is 0 Å². The Hall–Kier alpha value is -2.31. The van der Waals surface area contributed by atoms with E-state index in [1.54, 1.807) is 28.8 Å². The molecule has 0 atom stereocenters. The number of carbonyl (C=O) groups is 2. The van der Waals surface area contributed by atoms with Crippen LogP contribution in [0.2, 0.25) is 0 Å². The van der Waals surface area contributed by atoms with Gasteiger partial charge in [-0.3, -0.25) is 9.59 Å². The van der Waals surface area contributed by atoms with Gasteiger partial charge in [-0.1, -0.05) is 48.0 Å². The summed E-state index contributed by atoms with van der Waals surface area (Å²) >= 11 is 1.40. The van der Waals surface area contributed by atoms with Crippen LogP contribution in [0.5, 0.6) is 0 Å². The van der Waals surface area contributed by atoms with Crippen LogP contribution in [-0.2, 0) is 6.54 Å². The van der Waals surface area contributed by atoms with Crippen LogP contribution in [0.4, 0.5) is 0 Å². The molecule has 3 aromatic rings. The van der Waals surface area contributed by atoms with Crippen molar-refractivity contribution in [2.75, 3.05) is 0 Å². The first-order valence-electron chi connectivity index (χ1n) is 7.94. The summed E-state index contributed by atoms with van der Waals surface area (Å²) in [5, 5.41) is 0. The SMILES string of the molecule is Br.Cc1ccc(C(=O)N=c2sc(C)cn2CC(=O)c2ccccc2)cc1. The fourth-order valence-electron chi connectivity index (χ4n) is 2.42. The van der Waals surface area contributed by atoms with Crippen LogP contribution in [0, 0.1) is 13.8 Å². The summed E-state index contributed by atoms with van der Waals surface area (Å²) in [5.41, 5.74) is 2.28. The zero-order valence-corrected chi connectivity index (χ0v) is 17.0. The van der Waals surface area contributed by atoms with Crippen molar-refractivity contribution < 1.29 is 9.59 Å². The van der Waals surface area contributed by atoms with E-state index in [0.717, 1.165) is 10.4 Å². The summed E-state index contributed by atoms with van der Waals surface area (Å²) in [6.45, 7) is 4.06. The number of thiazole rings is 1. The molecule has 1 amide bonds. The van der Waals surface area contributed by atoms with Crippen molar-refractivity contribution in [1.29, 1.82) is 0 Å². The Morgan fingerprint density at radius 1 is 0.962 bits per heavy atom. The molecular weight excluding hydrogens is 412 g/mol. The number of benzene rings is 2. The highest BCUT2D eigenvalue weighted by Gasteiger charge is 2.10. The maximum absolute atomic E-state index is 12.4. The van der Waals surface area contributed by atoms with Crippen molar-refractivity contribution in [2.24, 2.45) is 4.99 Å². The topological polar surface area (TPSA) is 51.4 Å². The largest absolute Gasteiger partial charge is 0.315 e. The van der Waals surface area contributed by atoms with Crippen molar-refractivity contribution in [3.8, 4) is 0 Å². The van der Waals surface area contributed by atoms with E-state index < -0.39 is 0 Å². The zero-order chi connectivity index (χ0) is 17.8. The van der Waals surface area contributed by atoms with Gasteiger partial charge in [0.25, 0.3) is 5.91 Å². The lowest BCUT2D eigenvalue weighted by Gasteiger charge is -2.03. The van der Waals surface area contributed by atoms with Crippen molar-refractivity contribution in [2.45, 2.75) is 20.4 Å². The van der Waals surface area contributed by atoms with E-state index >= 15 is 0 Å². The van der Waals surface area contributed by atoms with Gasteiger partial charge >= 0.3 is 0 Å². The van der Waals surface area contributed by atoms with E-state index in [1.807, 2.05) is 50.4 Å². The number of hydrogen-bond donors (Lipinski definition) is 0. The first kappa shape index (κ1) is 20.0. The predicted molar refractivity (Wildman–Crippen MR) is 109 cm³/mol. The molecule has 134 valence electrons. The lowest BCUT2D eigenvalue weighted by Crippen LogP contribution is -2.21. The Labute approximate surface area is 166 Å². The predicted octanol–water partition coefficient (Wildman–Crippen LogP) is 4.37. The van der Waals surface area contributed by atoms with Crippen LogP contribution >= 0.6 is 28.3 Å². The molecule has 3 rings (SSSR count). The highest BCUT2D eigenvalue weighted by atomic mass is 79.9. The van der Waals surface area contributed by atoms with E-state index in [0.29, 0.717) is 15.9 Å². The highest BCUT2D eigenvalue weighted by Crippen LogP contribution is 2.07. The Bertz CT molecular complexity index is 973. The third-order valence-electron chi connectivity index (χ3n) is 3.74. The van der Waals surface area contributed by atoms with Crippen LogP contribution < -0.4 is 4.80 Å². The van der Waals surface area contributed by atoms with E-state index in [2.05, 4.69) is 4.99 Å². The van der Waals surface area contributed by atoms with E-state index in [-0.39, 0.29) is 35.2 Å².